The number of thiazole rings is 1. The Morgan fingerprint density at radius 1 is 1.32 bits per heavy atom. The van der Waals surface area contributed by atoms with E-state index in [1.807, 2.05) is 0 Å². The van der Waals surface area contributed by atoms with Crippen LogP contribution in [0.3, 0.4) is 0 Å². The molecule has 1 aromatic heterocycles. The molecule has 19 heavy (non-hydrogen) atoms. The Morgan fingerprint density at radius 3 is 2.58 bits per heavy atom. The van der Waals surface area contributed by atoms with Crippen LogP contribution >= 0.6 is 11.3 Å². The van der Waals surface area contributed by atoms with Crippen molar-refractivity contribution in [1.29, 1.82) is 0 Å². The molecule has 0 atom stereocenters. The zero-order valence-electron chi connectivity index (χ0n) is 10.0. The maximum Gasteiger partial charge on any atom is 0.365 e. The number of carboxylic acids is 1. The van der Waals surface area contributed by atoms with Gasteiger partial charge in [-0.2, -0.15) is 0 Å². The molecule has 1 fully saturated rings. The van der Waals surface area contributed by atoms with Crippen LogP contribution in [0, 0.1) is 5.92 Å². The summed E-state index contributed by atoms with van der Waals surface area (Å²) in [4.78, 5) is 37.2. The highest BCUT2D eigenvalue weighted by Crippen LogP contribution is 2.28. The number of amides is 2. The third-order valence-electron chi connectivity index (χ3n) is 2.58. The summed E-state index contributed by atoms with van der Waals surface area (Å²) < 4.78 is 0. The minimum atomic E-state index is -1.15. The first-order chi connectivity index (χ1) is 9.08. The van der Waals surface area contributed by atoms with E-state index in [1.165, 1.54) is 5.38 Å². The summed E-state index contributed by atoms with van der Waals surface area (Å²) >= 11 is 0.901. The highest BCUT2D eigenvalue weighted by atomic mass is 32.1. The highest BCUT2D eigenvalue weighted by Gasteiger charge is 2.29. The van der Waals surface area contributed by atoms with Gasteiger partial charge in [-0.1, -0.05) is 0 Å². The number of carbonyl (C=O) groups is 3. The number of nitrogens with zero attached hydrogens (tertiary/aromatic N) is 1. The molecule has 3 N–H and O–H groups in total. The smallest absolute Gasteiger partial charge is 0.365 e. The van der Waals surface area contributed by atoms with Gasteiger partial charge in [-0.05, 0) is 12.8 Å². The molecular formula is C11H13N3O4S. The molecular weight excluding hydrogens is 270 g/mol. The Balaban J connectivity index is 1.71. The fourth-order valence-electron chi connectivity index (χ4n) is 1.42. The largest absolute Gasteiger partial charge is 0.476 e. The molecule has 0 bridgehead atoms. The summed E-state index contributed by atoms with van der Waals surface area (Å²) in [7, 11) is 0. The van der Waals surface area contributed by atoms with Crippen molar-refractivity contribution >= 4 is 29.1 Å². The van der Waals surface area contributed by atoms with Crippen LogP contribution in [0.25, 0.3) is 0 Å². The lowest BCUT2D eigenvalue weighted by atomic mass is 10.4. The second-order valence-corrected chi connectivity index (χ2v) is 5.02. The number of hydrogen-bond donors (Lipinski definition) is 3. The van der Waals surface area contributed by atoms with Crippen molar-refractivity contribution in [3.8, 4) is 0 Å². The molecule has 102 valence electrons. The van der Waals surface area contributed by atoms with Gasteiger partial charge < -0.3 is 15.7 Å². The quantitative estimate of drug-likeness (QED) is 0.641. The van der Waals surface area contributed by atoms with Crippen molar-refractivity contribution in [2.45, 2.75) is 12.8 Å². The SMILES string of the molecule is O=C(NCCNC(=O)C1CC1)c1csc(C(=O)O)n1. The first kappa shape index (κ1) is 13.5. The van der Waals surface area contributed by atoms with E-state index in [9.17, 15) is 14.4 Å². The van der Waals surface area contributed by atoms with E-state index in [1.54, 1.807) is 0 Å². The Morgan fingerprint density at radius 2 is 2.00 bits per heavy atom. The number of nitrogens with one attached hydrogen (secondary N) is 2. The first-order valence-corrected chi connectivity index (χ1v) is 6.70. The van der Waals surface area contributed by atoms with Crippen LogP contribution in [0.15, 0.2) is 5.38 Å². The maximum absolute atomic E-state index is 11.6. The molecule has 0 spiro atoms. The van der Waals surface area contributed by atoms with Crippen LogP contribution < -0.4 is 10.6 Å². The summed E-state index contributed by atoms with van der Waals surface area (Å²) in [6.45, 7) is 0.647. The first-order valence-electron chi connectivity index (χ1n) is 5.82. The normalized spacial score (nSPS) is 13.9. The number of carbonyl (C=O) groups excluding carboxylic acids is 2. The lowest BCUT2D eigenvalue weighted by molar-refractivity contribution is -0.122. The summed E-state index contributed by atoms with van der Waals surface area (Å²) in [5.74, 6) is -1.42. The molecule has 0 aliphatic heterocycles. The Labute approximate surface area is 113 Å². The van der Waals surface area contributed by atoms with E-state index >= 15 is 0 Å². The van der Waals surface area contributed by atoms with Crippen LogP contribution in [-0.2, 0) is 4.79 Å². The van der Waals surface area contributed by atoms with Gasteiger partial charge in [0.2, 0.25) is 10.9 Å². The number of hydrogen-bond acceptors (Lipinski definition) is 5. The van der Waals surface area contributed by atoms with Gasteiger partial charge >= 0.3 is 5.97 Å². The van der Waals surface area contributed by atoms with Gasteiger partial charge in [0.15, 0.2) is 0 Å². The summed E-state index contributed by atoms with van der Waals surface area (Å²) in [6.07, 6.45) is 1.88. The molecule has 8 heteroatoms. The van der Waals surface area contributed by atoms with Gasteiger partial charge in [0.05, 0.1) is 0 Å². The molecule has 7 nitrogen and oxygen atoms in total. The molecule has 0 saturated heterocycles. The average Bonchev–Trinajstić information content (AvgIpc) is 3.10. The van der Waals surface area contributed by atoms with Gasteiger partial charge in [-0.15, -0.1) is 11.3 Å². The lowest BCUT2D eigenvalue weighted by Gasteiger charge is -2.05. The minimum Gasteiger partial charge on any atom is -0.476 e. The van der Waals surface area contributed by atoms with E-state index < -0.39 is 11.9 Å². The van der Waals surface area contributed by atoms with Crippen LogP contribution in [0.5, 0.6) is 0 Å². The summed E-state index contributed by atoms with van der Waals surface area (Å²) in [5, 5.41) is 15.2. The monoisotopic (exact) mass is 283 g/mol. The van der Waals surface area contributed by atoms with E-state index in [2.05, 4.69) is 15.6 Å². The molecule has 2 amide bonds. The molecule has 2 rings (SSSR count). The number of aromatic nitrogens is 1. The zero-order valence-corrected chi connectivity index (χ0v) is 10.8. The molecule has 1 heterocycles. The van der Waals surface area contributed by atoms with E-state index in [0.29, 0.717) is 6.54 Å². The Bertz CT molecular complexity index is 510. The number of rotatable bonds is 6. The van der Waals surface area contributed by atoms with E-state index in [-0.39, 0.29) is 29.1 Å². The van der Waals surface area contributed by atoms with Crippen molar-refractivity contribution < 1.29 is 19.5 Å². The van der Waals surface area contributed by atoms with Gasteiger partial charge in [-0.3, -0.25) is 9.59 Å². The van der Waals surface area contributed by atoms with E-state index in [4.69, 9.17) is 5.11 Å². The molecule has 0 radical (unpaired) electrons. The van der Waals surface area contributed by atoms with Crippen LogP contribution in [0.4, 0.5) is 0 Å². The number of aromatic carboxylic acids is 1. The minimum absolute atomic E-state index is 0.0241. The predicted octanol–water partition coefficient (Wildman–Crippen LogP) is 0.0973. The third-order valence-corrected chi connectivity index (χ3v) is 3.41. The second kappa shape index (κ2) is 5.79. The van der Waals surface area contributed by atoms with Gasteiger partial charge in [0.25, 0.3) is 5.91 Å². The van der Waals surface area contributed by atoms with Crippen LogP contribution in [-0.4, -0.2) is 41.0 Å². The predicted molar refractivity (Wildman–Crippen MR) is 67.1 cm³/mol. The lowest BCUT2D eigenvalue weighted by Crippen LogP contribution is -2.35. The van der Waals surface area contributed by atoms with Crippen LogP contribution in [0.1, 0.15) is 33.1 Å². The van der Waals surface area contributed by atoms with Crippen LogP contribution in [0.2, 0.25) is 0 Å². The molecule has 0 unspecified atom stereocenters. The van der Waals surface area contributed by atoms with Gasteiger partial charge in [0.1, 0.15) is 5.69 Å². The van der Waals surface area contributed by atoms with Crippen molar-refractivity contribution in [2.24, 2.45) is 5.92 Å². The van der Waals surface area contributed by atoms with E-state index in [0.717, 1.165) is 24.2 Å². The van der Waals surface area contributed by atoms with Gasteiger partial charge in [0, 0.05) is 24.4 Å². The molecule has 0 aromatic carbocycles. The Hall–Kier alpha value is -1.96. The zero-order chi connectivity index (χ0) is 13.8. The highest BCUT2D eigenvalue weighted by molar-refractivity contribution is 7.11. The second-order valence-electron chi connectivity index (χ2n) is 4.16. The third kappa shape index (κ3) is 3.75. The molecule has 1 saturated carbocycles. The topological polar surface area (TPSA) is 108 Å². The number of carboxylic acid groups (broad SMARTS) is 1. The van der Waals surface area contributed by atoms with Crippen molar-refractivity contribution in [2.75, 3.05) is 13.1 Å². The maximum atomic E-state index is 11.6. The fraction of sp³-hybridized carbons (Fsp3) is 0.455. The Kier molecular flexibility index (Phi) is 4.10. The molecule has 1 aliphatic rings. The molecule has 1 aliphatic carbocycles. The van der Waals surface area contributed by atoms with Gasteiger partial charge in [-0.25, -0.2) is 9.78 Å². The summed E-state index contributed by atoms with van der Waals surface area (Å²) in [5.41, 5.74) is 0.0796. The summed E-state index contributed by atoms with van der Waals surface area (Å²) in [6, 6.07) is 0. The fourth-order valence-corrected chi connectivity index (χ4v) is 2.05. The van der Waals surface area contributed by atoms with Crippen molar-refractivity contribution in [3.63, 3.8) is 0 Å². The van der Waals surface area contributed by atoms with Crippen molar-refractivity contribution in [1.82, 2.24) is 15.6 Å². The molecule has 1 aromatic rings. The standard InChI is InChI=1S/C11H13N3O4S/c15-8(6-1-2-6)12-3-4-13-9(16)7-5-19-10(14-7)11(17)18/h5-6H,1-4H2,(H,12,15)(H,13,16)(H,17,18). The average molecular weight is 283 g/mol. The van der Waals surface area contributed by atoms with Crippen molar-refractivity contribution in [3.05, 3.63) is 16.1 Å².